The smallest absolute Gasteiger partial charge is 0.264 e. The van der Waals surface area contributed by atoms with Gasteiger partial charge in [-0.15, -0.1) is 0 Å². The normalized spacial score (nSPS) is 28.0. The Labute approximate surface area is 888 Å². The second-order valence-electron chi connectivity index (χ2n) is 33.1. The van der Waals surface area contributed by atoms with Gasteiger partial charge in [0.05, 0.1) is 200 Å². The Morgan fingerprint density at radius 3 is 0.592 bits per heavy atom. The number of anilines is 7. The van der Waals surface area contributed by atoms with Gasteiger partial charge >= 0.3 is 0 Å². The summed E-state index contributed by atoms with van der Waals surface area (Å²) < 4.78 is 315. The molecular formula is C105H105N21O21. The van der Waals surface area contributed by atoms with Crippen molar-refractivity contribution >= 4 is 197 Å². The summed E-state index contributed by atoms with van der Waals surface area (Å²) in [5.41, 5.74) is 29.2. The van der Waals surface area contributed by atoms with Gasteiger partial charge < -0.3 is 40.1 Å². The van der Waals surface area contributed by atoms with Gasteiger partial charge in [0, 0.05) is 101 Å². The number of benzene rings is 7. The summed E-state index contributed by atoms with van der Waals surface area (Å²) in [5, 5.41) is -2.58. The molecule has 0 aliphatic heterocycles. The SMILES string of the molecule is [2H]c1c([2H])c(N)c2c(=O)n(C3([2H])C(=O)CC(=O)C([2H])([2H])C3([2H])[2H])c(C)nc2c1[2H].[2H]c1c([2H])c(N)c2c(=O)n(C3([2H])CCC(=O)CC3=O)c(C)nc2c1[2H].[2H]c1c([2H])c(N)c2c(=O)n([C@@H]3CCC(=O)CC3=O)c(C)nc2c1[2H].[2H]c1c([2H])c(N)c2c(=O)n([C@@]3([2H])C(=O)CC(=O)C([2H])([2H])C3([2H])[2H])c(C)nc2c1[2H].[2H]c1c([2H])c(N)c2c(=O)n([C@@]3([2H])CCC(=O)CC3=O)c(C)nc2c1[2H].[2H]c1c([2H])c(N)c2c(=O)n([C@]3([2H])C(=O)CC(=O)C([2H])([2H])C3([2H])[2H])c(C)nc2c1[2H].[2H]c1c([2H])c(N)c2c(=O)n([C@]3([2H])CCC(=O)CC3=O)c(C)nc2c1[2H]. The Hall–Kier alpha value is -17.5. The third-order valence-corrected chi connectivity index (χ3v) is 23.2. The summed E-state index contributed by atoms with van der Waals surface area (Å²) >= 11 is 0. The topological polar surface area (TPSA) is 665 Å². The molecule has 0 spiro atoms. The van der Waals surface area contributed by atoms with Crippen molar-refractivity contribution in [1.82, 2.24) is 66.9 Å². The number of nitrogens with zero attached hydrogens (tertiary/aromatic N) is 14. The number of hydrogen-bond acceptors (Lipinski definition) is 35. The van der Waals surface area contributed by atoms with E-state index in [1.54, 1.807) is 0 Å². The number of nitrogens with two attached hydrogens (primary N) is 7. The van der Waals surface area contributed by atoms with E-state index in [0.29, 0.717) is 13.7 Å². The maximum Gasteiger partial charge on any atom is 0.264 e. The maximum absolute atomic E-state index is 13.2. The molecule has 7 atom stereocenters. The van der Waals surface area contributed by atoms with Crippen molar-refractivity contribution in [1.29, 1.82) is 0 Å². The van der Waals surface area contributed by atoms with Gasteiger partial charge in [0.15, 0.2) is 40.5 Å². The number of ketones is 14. The van der Waals surface area contributed by atoms with Crippen LogP contribution in [0.25, 0.3) is 76.3 Å². The first-order valence-electron chi connectivity index (χ1n) is 63.3. The lowest BCUT2D eigenvalue weighted by Gasteiger charge is -2.24. The fraction of sp³-hybridized carbons (Fsp3) is 0.333. The fourth-order valence-electron chi connectivity index (χ4n) is 16.5. The van der Waals surface area contributed by atoms with Crippen LogP contribution < -0.4 is 79.1 Å². The first-order chi connectivity index (χ1) is 85.4. The highest BCUT2D eigenvalue weighted by Gasteiger charge is 2.39. The third kappa shape index (κ3) is 21.2. The standard InChI is InChI=1S/7C15H15N3O3/c7*1-8-17-11-4-2-3-10(16)14(11)15(21)18(8)12-6-5-9(19)7-13(12)20/h7*2-4,12H,5-7,16H2,1H3/t5*12-;;/m11100../s1/i2D,3D,4D,5D2,6D2,12D;2D,3D,4D,12D;2D,3D,4D;2D,3D,4D,5D2,6D2,12D;2D,3D,4D,12D;2D,3D,4D,5D2,6D2,12D;2D,3D,4D,12D. The van der Waals surface area contributed by atoms with E-state index in [-0.39, 0.29) is 199 Å². The van der Waals surface area contributed by atoms with Gasteiger partial charge in [0.1, 0.15) is 81.3 Å². The van der Waals surface area contributed by atoms with Crippen molar-refractivity contribution in [2.45, 2.75) is 225 Å². The second kappa shape index (κ2) is 43.0. The first-order valence-corrected chi connectivity index (χ1v) is 43.8. The molecule has 7 heterocycles. The van der Waals surface area contributed by atoms with Gasteiger partial charge in [-0.25, -0.2) is 34.9 Å². The van der Waals surface area contributed by atoms with E-state index < -0.39 is 381 Å². The van der Waals surface area contributed by atoms with Gasteiger partial charge in [-0.1, -0.05) is 42.3 Å². The van der Waals surface area contributed by atoms with Gasteiger partial charge in [-0.3, -0.25) is 133 Å². The second-order valence-corrected chi connectivity index (χ2v) is 33.1. The molecule has 0 saturated heterocycles. The number of Topliss-reactive ketones (excluding diaryl/α,β-unsaturated/α-hetero) is 14. The molecule has 21 rings (SSSR count). The number of aryl methyl sites for hydroxylation is 7. The summed E-state index contributed by atoms with van der Waals surface area (Å²) in [6.45, 7) is 9.18. The van der Waals surface area contributed by atoms with Crippen molar-refractivity contribution in [3.05, 3.63) is 240 Å². The molecule has 7 saturated carbocycles. The van der Waals surface area contributed by atoms with E-state index >= 15 is 0 Å². The lowest BCUT2D eigenvalue weighted by molar-refractivity contribution is -0.133. The van der Waals surface area contributed by atoms with E-state index in [0.717, 1.165) is 34.5 Å². The Balaban J connectivity index is 0.000000157. The maximum atomic E-state index is 13.2. The van der Waals surface area contributed by atoms with Gasteiger partial charge in [-0.2, -0.15) is 0 Å². The lowest BCUT2D eigenvalue weighted by atomic mass is 9.92. The summed E-state index contributed by atoms with van der Waals surface area (Å²) in [6.07, 6.45) is -25.0. The number of nitrogen functional groups attached to an aromatic ring is 7. The Bertz CT molecular complexity index is 10100. The molecule has 0 bridgehead atoms. The van der Waals surface area contributed by atoms with Gasteiger partial charge in [0.2, 0.25) is 0 Å². The molecule has 0 radical (unpaired) electrons. The molecule has 0 amide bonds. The van der Waals surface area contributed by atoms with E-state index in [4.69, 9.17) is 93.6 Å². The van der Waals surface area contributed by atoms with Crippen LogP contribution in [0, 0.1) is 48.5 Å². The van der Waals surface area contributed by atoms with Crippen LogP contribution in [0.5, 0.6) is 0 Å². The van der Waals surface area contributed by atoms with Crippen LogP contribution in [0.15, 0.2) is 160 Å². The number of rotatable bonds is 7. The molecule has 7 aromatic carbocycles. The number of carbonyl (C=O) groups is 14. The predicted molar refractivity (Wildman–Crippen MR) is 546 cm³/mol. The van der Waals surface area contributed by atoms with Crippen LogP contribution in [0.4, 0.5) is 39.8 Å². The van der Waals surface area contributed by atoms with E-state index in [9.17, 15) is 101 Å². The predicted octanol–water partition coefficient (Wildman–Crippen LogP) is 8.05. The van der Waals surface area contributed by atoms with Crippen LogP contribution >= 0.6 is 0 Å². The average molecular weight is 2040 g/mol. The largest absolute Gasteiger partial charge is 0.398 e. The highest BCUT2D eigenvalue weighted by molar-refractivity contribution is 6.09. The molecule has 42 nitrogen and oxygen atoms in total. The third-order valence-electron chi connectivity index (χ3n) is 23.2. The summed E-state index contributed by atoms with van der Waals surface area (Å²) in [7, 11) is 0. The number of aromatic nitrogens is 14. The zero-order valence-corrected chi connectivity index (χ0v) is 78.1. The quantitative estimate of drug-likeness (QED) is 0.0585. The van der Waals surface area contributed by atoms with Crippen molar-refractivity contribution in [2.75, 3.05) is 40.1 Å². The molecular weight excluding hydrogens is 1890 g/mol. The Kier molecular flexibility index (Phi) is 18.8. The van der Waals surface area contributed by atoms with Crippen molar-refractivity contribution in [2.24, 2.45) is 0 Å². The zero-order valence-electron chi connectivity index (χ0n) is 117. The molecule has 7 fully saturated rings. The minimum absolute atomic E-state index is 0.00626. The average Bonchev–Trinajstić information content (AvgIpc) is 0.692. The van der Waals surface area contributed by atoms with Crippen LogP contribution in [-0.4, -0.2) is 148 Å². The first kappa shape index (κ1) is 64.2. The molecule has 7 aliphatic rings. The molecule has 2 unspecified atom stereocenters. The van der Waals surface area contributed by atoms with Crippen LogP contribution in [0.2, 0.25) is 0 Å². The molecule has 7 aromatic heterocycles. The number of fused-ring (bicyclic) bond motifs is 7. The lowest BCUT2D eigenvalue weighted by Crippen LogP contribution is -2.36. The molecule has 14 aromatic rings. The van der Waals surface area contributed by atoms with Crippen LogP contribution in [0.1, 0.15) is 271 Å². The summed E-state index contributed by atoms with van der Waals surface area (Å²) in [5.74, 6) is -12.6. The molecule has 147 heavy (non-hydrogen) atoms. The highest BCUT2D eigenvalue weighted by Crippen LogP contribution is 2.35. The summed E-state index contributed by atoms with van der Waals surface area (Å²) in [6, 6.07) is -27.0. The van der Waals surface area contributed by atoms with Crippen molar-refractivity contribution in [3.8, 4) is 0 Å². The van der Waals surface area contributed by atoms with Crippen LogP contribution in [0.3, 0.4) is 0 Å². The van der Waals surface area contributed by atoms with Crippen molar-refractivity contribution in [3.63, 3.8) is 0 Å². The highest BCUT2D eigenvalue weighted by atomic mass is 16.2. The van der Waals surface area contributed by atoms with E-state index in [1.807, 2.05) is 0 Å². The Morgan fingerprint density at radius 1 is 0.231 bits per heavy atom. The Morgan fingerprint density at radius 2 is 0.395 bits per heavy atom. The number of hydrogen-bond donors (Lipinski definition) is 7. The molecule has 7 aliphatic carbocycles. The van der Waals surface area contributed by atoms with Gasteiger partial charge in [0.25, 0.3) is 38.9 Å². The molecule has 756 valence electrons. The minimum Gasteiger partial charge on any atom is -0.398 e. The molecule has 42 heteroatoms. The monoisotopic (exact) mass is 2040 g/mol. The van der Waals surface area contributed by atoms with Gasteiger partial charge in [-0.05, 0) is 178 Å². The minimum atomic E-state index is -3.45. The van der Waals surface area contributed by atoms with E-state index in [2.05, 4.69) is 34.9 Å². The summed E-state index contributed by atoms with van der Waals surface area (Å²) in [4.78, 5) is 288. The van der Waals surface area contributed by atoms with Crippen LogP contribution in [-0.2, 0) is 67.1 Å². The molecule has 14 N–H and O–H groups in total. The zero-order chi connectivity index (χ0) is 141. The number of carbonyl (C=O) groups excluding carboxylic acids is 14. The fourth-order valence-corrected chi connectivity index (χ4v) is 16.5. The van der Waals surface area contributed by atoms with Crippen molar-refractivity contribution < 1.29 is 121 Å². The van der Waals surface area contributed by atoms with E-state index in [1.165, 1.54) is 32.3 Å².